The third kappa shape index (κ3) is 2.17. The maximum atomic E-state index is 3.28. The molecule has 1 N–H and O–H groups in total. The van der Waals surface area contributed by atoms with Crippen molar-refractivity contribution in [2.24, 2.45) is 0 Å². The number of para-hydroxylation sites is 1. The first kappa shape index (κ1) is 9.48. The fraction of sp³-hybridized carbons (Fsp3) is 0.111. The molecule has 2 rings (SSSR count). The standard InChI is InChI=1S/C9H9N.K.H/c1-2-6-9-8(4-1)5-3-7-10-9;;/h1-6,10H,7H2;;. The van der Waals surface area contributed by atoms with Gasteiger partial charge in [0.05, 0.1) is 0 Å². The van der Waals surface area contributed by atoms with Crippen molar-refractivity contribution in [1.82, 2.24) is 0 Å². The second kappa shape index (κ2) is 4.43. The first-order valence-electron chi connectivity index (χ1n) is 3.46. The van der Waals surface area contributed by atoms with Crippen LogP contribution in [0.2, 0.25) is 0 Å². The summed E-state index contributed by atoms with van der Waals surface area (Å²) in [6, 6.07) is 8.30. The average molecular weight is 171 g/mol. The van der Waals surface area contributed by atoms with E-state index in [4.69, 9.17) is 0 Å². The predicted octanol–water partition coefficient (Wildman–Crippen LogP) is 1.48. The minimum atomic E-state index is 0. The predicted molar refractivity (Wildman–Crippen MR) is 51.1 cm³/mol. The molecule has 1 nitrogen and oxygen atoms in total. The Morgan fingerprint density at radius 2 is 2.00 bits per heavy atom. The van der Waals surface area contributed by atoms with Crippen molar-refractivity contribution in [3.8, 4) is 0 Å². The number of benzene rings is 1. The van der Waals surface area contributed by atoms with Gasteiger partial charge < -0.3 is 5.32 Å². The Bertz CT molecular complexity index is 268. The van der Waals surface area contributed by atoms with Crippen molar-refractivity contribution in [2.75, 3.05) is 11.9 Å². The second-order valence-electron chi connectivity index (χ2n) is 2.37. The van der Waals surface area contributed by atoms with Gasteiger partial charge in [-0.05, 0) is 11.6 Å². The SMILES string of the molecule is C1=Cc2ccccc2NC1.[KH]. The zero-order valence-corrected chi connectivity index (χ0v) is 5.67. The quantitative estimate of drug-likeness (QED) is 0.583. The zero-order chi connectivity index (χ0) is 6.81. The number of hydrogen-bond acceptors (Lipinski definition) is 1. The van der Waals surface area contributed by atoms with Crippen LogP contribution < -0.4 is 5.32 Å². The van der Waals surface area contributed by atoms with Crippen LogP contribution in [-0.2, 0) is 0 Å². The second-order valence-corrected chi connectivity index (χ2v) is 2.37. The van der Waals surface area contributed by atoms with E-state index in [-0.39, 0.29) is 51.4 Å². The average Bonchev–Trinajstić information content (AvgIpc) is 2.05. The molecule has 0 fully saturated rings. The molecule has 1 aromatic rings. The van der Waals surface area contributed by atoms with Crippen LogP contribution in [0.25, 0.3) is 6.08 Å². The third-order valence-corrected chi connectivity index (χ3v) is 1.67. The van der Waals surface area contributed by atoms with Crippen LogP contribution in [0.4, 0.5) is 5.69 Å². The van der Waals surface area contributed by atoms with Gasteiger partial charge in [0.15, 0.2) is 0 Å². The van der Waals surface area contributed by atoms with E-state index in [0.717, 1.165) is 6.54 Å². The molecule has 11 heavy (non-hydrogen) atoms. The molecule has 0 spiro atoms. The van der Waals surface area contributed by atoms with Gasteiger partial charge in [-0.1, -0.05) is 30.4 Å². The van der Waals surface area contributed by atoms with E-state index in [1.54, 1.807) is 0 Å². The molecule has 1 aliphatic heterocycles. The van der Waals surface area contributed by atoms with E-state index in [2.05, 4.69) is 35.7 Å². The summed E-state index contributed by atoms with van der Waals surface area (Å²) in [5.41, 5.74) is 2.53. The molecule has 0 saturated carbocycles. The number of nitrogens with one attached hydrogen (secondary N) is 1. The van der Waals surface area contributed by atoms with E-state index in [1.807, 2.05) is 6.07 Å². The van der Waals surface area contributed by atoms with Gasteiger partial charge in [0, 0.05) is 12.2 Å². The Hall–Kier alpha value is 0.396. The van der Waals surface area contributed by atoms with Crippen LogP contribution in [0.5, 0.6) is 0 Å². The van der Waals surface area contributed by atoms with E-state index in [1.165, 1.54) is 11.3 Å². The van der Waals surface area contributed by atoms with E-state index >= 15 is 0 Å². The molecule has 52 valence electrons. The number of fused-ring (bicyclic) bond motifs is 1. The topological polar surface area (TPSA) is 12.0 Å². The van der Waals surface area contributed by atoms with Crippen molar-refractivity contribution < 1.29 is 0 Å². The van der Waals surface area contributed by atoms with E-state index < -0.39 is 0 Å². The fourth-order valence-corrected chi connectivity index (χ4v) is 1.16. The Labute approximate surface area is 109 Å². The molecule has 1 aliphatic rings. The summed E-state index contributed by atoms with van der Waals surface area (Å²) in [7, 11) is 0. The molecule has 0 aromatic heterocycles. The van der Waals surface area contributed by atoms with Crippen molar-refractivity contribution >= 4 is 63.1 Å². The van der Waals surface area contributed by atoms with Gasteiger partial charge in [0.25, 0.3) is 0 Å². The van der Waals surface area contributed by atoms with Crippen LogP contribution >= 0.6 is 0 Å². The summed E-state index contributed by atoms with van der Waals surface area (Å²) in [4.78, 5) is 0. The fourth-order valence-electron chi connectivity index (χ4n) is 1.16. The number of anilines is 1. The zero-order valence-electron chi connectivity index (χ0n) is 5.67. The van der Waals surface area contributed by atoms with Gasteiger partial charge in [0.2, 0.25) is 0 Å². The van der Waals surface area contributed by atoms with Crippen molar-refractivity contribution in [1.29, 1.82) is 0 Å². The van der Waals surface area contributed by atoms with Crippen molar-refractivity contribution in [2.45, 2.75) is 0 Å². The van der Waals surface area contributed by atoms with Gasteiger partial charge in [-0.2, -0.15) is 0 Å². The monoisotopic (exact) mass is 171 g/mol. The molecule has 0 saturated heterocycles. The normalized spacial score (nSPS) is 12.7. The van der Waals surface area contributed by atoms with Crippen LogP contribution in [0.1, 0.15) is 5.56 Å². The van der Waals surface area contributed by atoms with Crippen molar-refractivity contribution in [3.63, 3.8) is 0 Å². The molecule has 0 radical (unpaired) electrons. The Morgan fingerprint density at radius 1 is 1.18 bits per heavy atom. The molecular formula is C9H10KN. The van der Waals surface area contributed by atoms with Crippen LogP contribution in [0.3, 0.4) is 0 Å². The minimum absolute atomic E-state index is 0. The molecule has 0 amide bonds. The molecule has 0 bridgehead atoms. The van der Waals surface area contributed by atoms with E-state index in [0.29, 0.717) is 0 Å². The molecule has 0 atom stereocenters. The molecule has 2 heteroatoms. The van der Waals surface area contributed by atoms with E-state index in [9.17, 15) is 0 Å². The summed E-state index contributed by atoms with van der Waals surface area (Å²) in [5, 5.41) is 3.28. The van der Waals surface area contributed by atoms with Crippen LogP contribution in [0, 0.1) is 0 Å². The Morgan fingerprint density at radius 3 is 2.82 bits per heavy atom. The molecular weight excluding hydrogens is 161 g/mol. The molecule has 0 aliphatic carbocycles. The Kier molecular flexibility index (Phi) is 3.82. The maximum absolute atomic E-state index is 3.28. The number of rotatable bonds is 0. The van der Waals surface area contributed by atoms with Gasteiger partial charge >= 0.3 is 51.4 Å². The summed E-state index contributed by atoms with van der Waals surface area (Å²) in [6.07, 6.45) is 4.27. The summed E-state index contributed by atoms with van der Waals surface area (Å²) in [6.45, 7) is 0.955. The first-order valence-corrected chi connectivity index (χ1v) is 3.46. The molecule has 0 unspecified atom stereocenters. The van der Waals surface area contributed by atoms with Crippen LogP contribution in [0.15, 0.2) is 30.3 Å². The summed E-state index contributed by atoms with van der Waals surface area (Å²) >= 11 is 0. The van der Waals surface area contributed by atoms with Crippen LogP contribution in [-0.4, -0.2) is 57.9 Å². The first-order chi connectivity index (χ1) is 4.97. The summed E-state index contributed by atoms with van der Waals surface area (Å²) < 4.78 is 0. The third-order valence-electron chi connectivity index (χ3n) is 1.67. The van der Waals surface area contributed by atoms with Gasteiger partial charge in [-0.15, -0.1) is 0 Å². The summed E-state index contributed by atoms with van der Waals surface area (Å²) in [5.74, 6) is 0. The van der Waals surface area contributed by atoms with Gasteiger partial charge in [-0.3, -0.25) is 0 Å². The van der Waals surface area contributed by atoms with Gasteiger partial charge in [-0.25, -0.2) is 0 Å². The van der Waals surface area contributed by atoms with Crippen molar-refractivity contribution in [3.05, 3.63) is 35.9 Å². The Balaban J connectivity index is 0.000000605. The molecule has 1 heterocycles. The van der Waals surface area contributed by atoms with Gasteiger partial charge in [0.1, 0.15) is 0 Å². The molecule has 1 aromatic carbocycles. The number of hydrogen-bond donors (Lipinski definition) is 1.